The van der Waals surface area contributed by atoms with Gasteiger partial charge in [0.15, 0.2) is 16.6 Å². The molecule has 0 amide bonds. The maximum Gasteiger partial charge on any atom is 0.356 e. The van der Waals surface area contributed by atoms with E-state index in [1.54, 1.807) is 0 Å². The lowest BCUT2D eigenvalue weighted by Crippen LogP contribution is -2.32. The number of nitrogens with zero attached hydrogens (tertiary/aromatic N) is 1. The van der Waals surface area contributed by atoms with Crippen molar-refractivity contribution in [3.05, 3.63) is 10.6 Å². The van der Waals surface area contributed by atoms with Gasteiger partial charge >= 0.3 is 11.9 Å². The number of rotatable bonds is 7. The number of anilines is 1. The number of nitrogens with one attached hydrogen (secondary N) is 1. The first-order chi connectivity index (χ1) is 9.76. The van der Waals surface area contributed by atoms with Gasteiger partial charge < -0.3 is 15.2 Å². The van der Waals surface area contributed by atoms with Crippen LogP contribution in [0.1, 0.15) is 47.4 Å². The third-order valence-corrected chi connectivity index (χ3v) is 3.73. The van der Waals surface area contributed by atoms with Crippen molar-refractivity contribution in [2.75, 3.05) is 12.4 Å². The number of carboxylic acid groups (broad SMARTS) is 1. The summed E-state index contributed by atoms with van der Waals surface area (Å²) in [7, 11) is 1.28. The summed E-state index contributed by atoms with van der Waals surface area (Å²) in [5.41, 5.74) is -0.303. The first-order valence-corrected chi connectivity index (χ1v) is 7.17. The number of ketones is 1. The van der Waals surface area contributed by atoms with Crippen molar-refractivity contribution in [2.45, 2.75) is 33.2 Å². The predicted molar refractivity (Wildman–Crippen MR) is 78.0 cm³/mol. The molecular formula is C13H18N2O5S. The smallest absolute Gasteiger partial charge is 0.356 e. The van der Waals surface area contributed by atoms with Gasteiger partial charge in [-0.05, 0) is 12.3 Å². The molecule has 0 radical (unpaired) electrons. The Kier molecular flexibility index (Phi) is 5.83. The van der Waals surface area contributed by atoms with E-state index in [2.05, 4.69) is 10.3 Å². The number of ether oxygens (including phenoxy) is 1. The second kappa shape index (κ2) is 7.16. The molecule has 0 spiro atoms. The SMILES string of the molecule is COC(=O)C(CC(C)C)Nc1nc(C(=O)O)c(C(C)=O)s1. The monoisotopic (exact) mass is 314 g/mol. The van der Waals surface area contributed by atoms with Crippen molar-refractivity contribution >= 4 is 34.2 Å². The third kappa shape index (κ3) is 4.52. The average Bonchev–Trinajstić information content (AvgIpc) is 2.80. The van der Waals surface area contributed by atoms with Gasteiger partial charge in [-0.2, -0.15) is 0 Å². The fourth-order valence-corrected chi connectivity index (χ4v) is 2.65. The molecule has 0 saturated heterocycles. The van der Waals surface area contributed by atoms with Gasteiger partial charge in [0.1, 0.15) is 10.9 Å². The van der Waals surface area contributed by atoms with Crippen LogP contribution in [0.15, 0.2) is 0 Å². The summed E-state index contributed by atoms with van der Waals surface area (Å²) in [6.45, 7) is 5.17. The highest BCUT2D eigenvalue weighted by Crippen LogP contribution is 2.25. The molecule has 1 aromatic rings. The number of Topliss-reactive ketones (excluding diaryl/α,β-unsaturated/α-hetero) is 1. The van der Waals surface area contributed by atoms with Crippen LogP contribution in [0.25, 0.3) is 0 Å². The van der Waals surface area contributed by atoms with E-state index in [-0.39, 0.29) is 27.4 Å². The van der Waals surface area contributed by atoms with Gasteiger partial charge in [0.2, 0.25) is 0 Å². The van der Waals surface area contributed by atoms with Crippen molar-refractivity contribution in [3.63, 3.8) is 0 Å². The van der Waals surface area contributed by atoms with Crippen LogP contribution in [0.5, 0.6) is 0 Å². The molecule has 1 unspecified atom stereocenters. The van der Waals surface area contributed by atoms with E-state index < -0.39 is 18.0 Å². The summed E-state index contributed by atoms with van der Waals surface area (Å²) in [5, 5.41) is 12.1. The average molecular weight is 314 g/mol. The molecule has 116 valence electrons. The quantitative estimate of drug-likeness (QED) is 0.586. The summed E-state index contributed by atoms with van der Waals surface area (Å²) in [6, 6.07) is -0.636. The van der Waals surface area contributed by atoms with E-state index in [0.717, 1.165) is 11.3 Å². The molecule has 8 heteroatoms. The standard InChI is InChI=1S/C13H18N2O5S/c1-6(2)5-8(12(19)20-4)14-13-15-9(11(17)18)10(21-13)7(3)16/h6,8H,5H2,1-4H3,(H,14,15)(H,17,18). The van der Waals surface area contributed by atoms with E-state index in [0.29, 0.717) is 6.42 Å². The van der Waals surface area contributed by atoms with Crippen LogP contribution in [0.3, 0.4) is 0 Å². The lowest BCUT2D eigenvalue weighted by Gasteiger charge is -2.17. The van der Waals surface area contributed by atoms with Crippen molar-refractivity contribution in [3.8, 4) is 0 Å². The second-order valence-corrected chi connectivity index (χ2v) is 5.91. The molecule has 0 aliphatic rings. The Morgan fingerprint density at radius 3 is 2.38 bits per heavy atom. The highest BCUT2D eigenvalue weighted by Gasteiger charge is 2.25. The Hall–Kier alpha value is -1.96. The first-order valence-electron chi connectivity index (χ1n) is 6.35. The number of aromatic nitrogens is 1. The molecule has 0 saturated carbocycles. The summed E-state index contributed by atoms with van der Waals surface area (Å²) < 4.78 is 4.71. The topological polar surface area (TPSA) is 106 Å². The molecule has 1 aromatic heterocycles. The van der Waals surface area contributed by atoms with Crippen LogP contribution in [-0.4, -0.2) is 41.0 Å². The Bertz CT molecular complexity index is 521. The number of methoxy groups -OCH3 is 1. The maximum atomic E-state index is 11.7. The third-order valence-electron chi connectivity index (χ3n) is 2.64. The predicted octanol–water partition coefficient (Wildman–Crippen LogP) is 2.04. The molecule has 2 N–H and O–H groups in total. The summed E-state index contributed by atoms with van der Waals surface area (Å²) in [6.07, 6.45) is 0.504. The Labute approximate surface area is 126 Å². The van der Waals surface area contributed by atoms with Crippen LogP contribution in [0.4, 0.5) is 5.13 Å². The van der Waals surface area contributed by atoms with E-state index in [9.17, 15) is 14.4 Å². The van der Waals surface area contributed by atoms with Crippen molar-refractivity contribution in [1.82, 2.24) is 4.98 Å². The molecule has 0 aliphatic carbocycles. The number of carboxylic acids is 1. The van der Waals surface area contributed by atoms with Crippen LogP contribution >= 0.6 is 11.3 Å². The largest absolute Gasteiger partial charge is 0.476 e. The van der Waals surface area contributed by atoms with Gasteiger partial charge in [-0.15, -0.1) is 0 Å². The highest BCUT2D eigenvalue weighted by atomic mass is 32.1. The van der Waals surface area contributed by atoms with Gasteiger partial charge in [0.25, 0.3) is 0 Å². The summed E-state index contributed by atoms with van der Waals surface area (Å²) >= 11 is 0.919. The molecule has 1 rings (SSSR count). The van der Waals surface area contributed by atoms with Gasteiger partial charge in [0.05, 0.1) is 7.11 Å². The van der Waals surface area contributed by atoms with E-state index in [1.165, 1.54) is 14.0 Å². The number of esters is 1. The fourth-order valence-electron chi connectivity index (χ4n) is 1.74. The Balaban J connectivity index is 3.04. The molecule has 1 atom stereocenters. The molecule has 1 heterocycles. The highest BCUT2D eigenvalue weighted by molar-refractivity contribution is 7.17. The van der Waals surface area contributed by atoms with Gasteiger partial charge in [-0.1, -0.05) is 25.2 Å². The zero-order valence-corrected chi connectivity index (χ0v) is 13.1. The van der Waals surface area contributed by atoms with Crippen molar-refractivity contribution in [2.24, 2.45) is 5.92 Å². The molecule has 21 heavy (non-hydrogen) atoms. The minimum absolute atomic E-state index is 0.0539. The molecule has 0 bridgehead atoms. The van der Waals surface area contributed by atoms with E-state index >= 15 is 0 Å². The zero-order chi connectivity index (χ0) is 16.2. The molecule has 0 fully saturated rings. The number of carbonyl (C=O) groups is 3. The molecule has 0 aliphatic heterocycles. The number of carbonyl (C=O) groups excluding carboxylic acids is 2. The minimum atomic E-state index is -1.28. The van der Waals surface area contributed by atoms with Crippen molar-refractivity contribution < 1.29 is 24.2 Å². The van der Waals surface area contributed by atoms with E-state index in [1.807, 2.05) is 13.8 Å². The Morgan fingerprint density at radius 2 is 2.00 bits per heavy atom. The van der Waals surface area contributed by atoms with Crippen LogP contribution in [0.2, 0.25) is 0 Å². The van der Waals surface area contributed by atoms with Gasteiger partial charge in [-0.25, -0.2) is 14.6 Å². The van der Waals surface area contributed by atoms with Crippen molar-refractivity contribution in [1.29, 1.82) is 0 Å². The van der Waals surface area contributed by atoms with Crippen LogP contribution in [-0.2, 0) is 9.53 Å². The van der Waals surface area contributed by atoms with E-state index in [4.69, 9.17) is 9.84 Å². The Morgan fingerprint density at radius 1 is 1.38 bits per heavy atom. The molecular weight excluding hydrogens is 296 g/mol. The number of hydrogen-bond donors (Lipinski definition) is 2. The maximum absolute atomic E-state index is 11.7. The zero-order valence-electron chi connectivity index (χ0n) is 12.3. The number of thiazole rings is 1. The summed E-state index contributed by atoms with van der Waals surface area (Å²) in [5.74, 6) is -1.88. The van der Waals surface area contributed by atoms with Crippen LogP contribution in [0, 0.1) is 5.92 Å². The summed E-state index contributed by atoms with van der Waals surface area (Å²) in [4.78, 5) is 38.1. The van der Waals surface area contributed by atoms with Gasteiger partial charge in [0, 0.05) is 6.92 Å². The van der Waals surface area contributed by atoms with Crippen LogP contribution < -0.4 is 5.32 Å². The number of hydrogen-bond acceptors (Lipinski definition) is 7. The molecule has 0 aromatic carbocycles. The molecule has 7 nitrogen and oxygen atoms in total. The normalized spacial score (nSPS) is 12.0. The fraction of sp³-hybridized carbons (Fsp3) is 0.538. The second-order valence-electron chi connectivity index (χ2n) is 4.91. The first kappa shape index (κ1) is 17.1. The minimum Gasteiger partial charge on any atom is -0.476 e. The lowest BCUT2D eigenvalue weighted by atomic mass is 10.0. The van der Waals surface area contributed by atoms with Gasteiger partial charge in [-0.3, -0.25) is 4.79 Å². The number of aromatic carboxylic acids is 1. The lowest BCUT2D eigenvalue weighted by molar-refractivity contribution is -0.141.